The molecule has 3 bridgehead atoms. The van der Waals surface area contributed by atoms with Gasteiger partial charge in [-0.1, -0.05) is 31.4 Å². The van der Waals surface area contributed by atoms with Gasteiger partial charge in [0.25, 0.3) is 5.91 Å². The van der Waals surface area contributed by atoms with E-state index in [1.807, 2.05) is 29.2 Å². The summed E-state index contributed by atoms with van der Waals surface area (Å²) in [6.07, 6.45) is 10.8. The van der Waals surface area contributed by atoms with E-state index in [2.05, 4.69) is 15.3 Å². The van der Waals surface area contributed by atoms with E-state index in [0.29, 0.717) is 37.6 Å². The molecule has 3 fully saturated rings. The second-order valence-electron chi connectivity index (χ2n) is 12.6. The number of hydrogen-bond acceptors (Lipinski definition) is 7. The predicted molar refractivity (Wildman–Crippen MR) is 142 cm³/mol. The molecule has 3 aliphatic carbocycles. The second kappa shape index (κ2) is 9.11. The number of anilines is 1. The molecule has 6 atom stereocenters. The van der Waals surface area contributed by atoms with E-state index >= 15 is 0 Å². The average Bonchev–Trinajstić information content (AvgIpc) is 3.11. The van der Waals surface area contributed by atoms with Gasteiger partial charge in [-0.25, -0.2) is 9.97 Å². The molecular weight excluding hydrogens is 480 g/mol. The van der Waals surface area contributed by atoms with E-state index in [9.17, 15) is 9.90 Å². The largest absolute Gasteiger partial charge is 0.485 e. The number of benzene rings is 1. The van der Waals surface area contributed by atoms with Gasteiger partial charge in [-0.3, -0.25) is 4.79 Å². The summed E-state index contributed by atoms with van der Waals surface area (Å²) in [5.41, 5.74) is 0.879. The minimum Gasteiger partial charge on any atom is -0.485 e. The molecule has 5 aliphatic rings. The van der Waals surface area contributed by atoms with Crippen molar-refractivity contribution >= 4 is 11.7 Å². The first kappa shape index (κ1) is 24.2. The van der Waals surface area contributed by atoms with Crippen LogP contribution in [0.15, 0.2) is 30.6 Å². The van der Waals surface area contributed by atoms with Gasteiger partial charge in [-0.05, 0) is 74.3 Å². The Morgan fingerprint density at radius 2 is 2.03 bits per heavy atom. The van der Waals surface area contributed by atoms with Gasteiger partial charge in [0.05, 0.1) is 18.3 Å². The molecule has 3 saturated carbocycles. The van der Waals surface area contributed by atoms with Gasteiger partial charge in [-0.2, -0.15) is 0 Å². The number of carbonyl (C=O) groups excluding carboxylic acids is 1. The van der Waals surface area contributed by atoms with Gasteiger partial charge >= 0.3 is 0 Å². The molecule has 3 heterocycles. The Hall–Kier alpha value is -2.87. The summed E-state index contributed by atoms with van der Waals surface area (Å²) in [5, 5.41) is 14.9. The lowest BCUT2D eigenvalue weighted by Gasteiger charge is -2.41. The number of amides is 1. The zero-order valence-corrected chi connectivity index (χ0v) is 22.2. The molecular formula is C30H38N4O4. The summed E-state index contributed by atoms with van der Waals surface area (Å²) in [5.74, 6) is 4.36. The van der Waals surface area contributed by atoms with Gasteiger partial charge in [-0.15, -0.1) is 0 Å². The van der Waals surface area contributed by atoms with Crippen molar-refractivity contribution in [3.63, 3.8) is 0 Å². The molecule has 0 spiro atoms. The fraction of sp³-hybridized carbons (Fsp3) is 0.633. The van der Waals surface area contributed by atoms with Gasteiger partial charge in [0.15, 0.2) is 11.5 Å². The second-order valence-corrected chi connectivity index (χ2v) is 12.6. The third-order valence-corrected chi connectivity index (χ3v) is 10.1. The standard InChI is InChI=1S/C30H38N4O4/c1-29(17-37-24-7-2-3-8-25(24)38-29)28(36)34-10-9-22-23(16-34)32-18-33-27(22)31-15-26(35)30-12-19-5-4-6-20(13-30)21(11-19)14-30/h2-3,7-8,18-21,26,35H,4-6,9-17H2,1H3,(H,31,32,33)/t19?,20?,21?,26?,29-,30?/m0/s1. The number of nitrogens with zero attached hydrogens (tertiary/aromatic N) is 3. The Morgan fingerprint density at radius 1 is 1.18 bits per heavy atom. The topological polar surface area (TPSA) is 96.8 Å². The summed E-state index contributed by atoms with van der Waals surface area (Å²) in [6, 6.07) is 7.45. The molecule has 0 radical (unpaired) electrons. The molecule has 2 aromatic rings. The predicted octanol–water partition coefficient (Wildman–Crippen LogP) is 3.97. The van der Waals surface area contributed by atoms with Crippen LogP contribution >= 0.6 is 0 Å². The fourth-order valence-corrected chi connectivity index (χ4v) is 8.30. The molecule has 5 unspecified atom stereocenters. The van der Waals surface area contributed by atoms with E-state index in [1.165, 1.54) is 44.9 Å². The van der Waals surface area contributed by atoms with Crippen LogP contribution in [0.4, 0.5) is 5.82 Å². The number of aliphatic hydroxyl groups is 1. The Morgan fingerprint density at radius 3 is 2.92 bits per heavy atom. The Labute approximate surface area is 224 Å². The lowest BCUT2D eigenvalue weighted by Crippen LogP contribution is -2.56. The molecule has 1 amide bonds. The molecule has 7 rings (SSSR count). The zero-order valence-electron chi connectivity index (χ0n) is 22.2. The third-order valence-electron chi connectivity index (χ3n) is 10.1. The molecule has 2 aliphatic heterocycles. The van der Waals surface area contributed by atoms with Crippen molar-refractivity contribution in [2.75, 3.05) is 25.0 Å². The Balaban J connectivity index is 1.02. The maximum atomic E-state index is 13.6. The van der Waals surface area contributed by atoms with E-state index in [1.54, 1.807) is 13.3 Å². The van der Waals surface area contributed by atoms with Gasteiger partial charge in [0.1, 0.15) is 18.8 Å². The van der Waals surface area contributed by atoms with Crippen LogP contribution in [0.3, 0.4) is 0 Å². The van der Waals surface area contributed by atoms with E-state index in [4.69, 9.17) is 9.47 Å². The van der Waals surface area contributed by atoms with E-state index < -0.39 is 5.60 Å². The van der Waals surface area contributed by atoms with Crippen molar-refractivity contribution < 1.29 is 19.4 Å². The van der Waals surface area contributed by atoms with Crippen LogP contribution in [0.1, 0.15) is 63.1 Å². The van der Waals surface area contributed by atoms with Crippen molar-refractivity contribution in [3.8, 4) is 11.5 Å². The number of carbonyl (C=O) groups is 1. The lowest BCUT2D eigenvalue weighted by atomic mass is 9.66. The first-order valence-electron chi connectivity index (χ1n) is 14.4. The summed E-state index contributed by atoms with van der Waals surface area (Å²) >= 11 is 0. The summed E-state index contributed by atoms with van der Waals surface area (Å²) < 4.78 is 12.0. The quantitative estimate of drug-likeness (QED) is 0.618. The minimum atomic E-state index is -1.08. The van der Waals surface area contributed by atoms with Crippen LogP contribution in [-0.2, 0) is 17.8 Å². The monoisotopic (exact) mass is 518 g/mol. The van der Waals surface area contributed by atoms with Crippen molar-refractivity contribution in [1.29, 1.82) is 0 Å². The molecule has 1 aromatic heterocycles. The highest BCUT2D eigenvalue weighted by Crippen LogP contribution is 2.61. The summed E-state index contributed by atoms with van der Waals surface area (Å²) in [4.78, 5) is 24.4. The zero-order chi connectivity index (χ0) is 25.9. The number of aliphatic hydroxyl groups excluding tert-OH is 1. The van der Waals surface area contributed by atoms with Crippen LogP contribution in [0, 0.1) is 23.2 Å². The number of fused-ring (bicyclic) bond motifs is 4. The highest BCUT2D eigenvalue weighted by molar-refractivity contribution is 5.86. The molecule has 8 heteroatoms. The summed E-state index contributed by atoms with van der Waals surface area (Å²) in [7, 11) is 0. The van der Waals surface area contributed by atoms with Gasteiger partial charge in [0, 0.05) is 18.7 Å². The molecule has 202 valence electrons. The van der Waals surface area contributed by atoms with E-state index in [0.717, 1.165) is 34.8 Å². The van der Waals surface area contributed by atoms with Gasteiger partial charge < -0.3 is 24.8 Å². The summed E-state index contributed by atoms with van der Waals surface area (Å²) in [6.45, 7) is 3.45. The lowest BCUT2D eigenvalue weighted by molar-refractivity contribution is -0.152. The average molecular weight is 519 g/mol. The number of aromatic nitrogens is 2. The molecule has 38 heavy (non-hydrogen) atoms. The number of nitrogens with one attached hydrogen (secondary N) is 1. The first-order chi connectivity index (χ1) is 18.4. The maximum absolute atomic E-state index is 13.6. The van der Waals surface area contributed by atoms with Crippen LogP contribution in [0.2, 0.25) is 0 Å². The van der Waals surface area contributed by atoms with Crippen molar-refractivity contribution in [2.45, 2.75) is 76.5 Å². The van der Waals surface area contributed by atoms with Crippen molar-refractivity contribution in [3.05, 3.63) is 41.9 Å². The molecule has 2 N–H and O–H groups in total. The molecule has 0 saturated heterocycles. The smallest absolute Gasteiger partial charge is 0.270 e. The molecule has 8 nitrogen and oxygen atoms in total. The van der Waals surface area contributed by atoms with Crippen LogP contribution < -0.4 is 14.8 Å². The van der Waals surface area contributed by atoms with Crippen LogP contribution in [0.5, 0.6) is 11.5 Å². The fourth-order valence-electron chi connectivity index (χ4n) is 8.30. The number of ether oxygens (including phenoxy) is 2. The van der Waals surface area contributed by atoms with Crippen LogP contribution in [-0.4, -0.2) is 57.3 Å². The van der Waals surface area contributed by atoms with Crippen LogP contribution in [0.25, 0.3) is 0 Å². The number of rotatable bonds is 5. The number of para-hydroxylation sites is 2. The van der Waals surface area contributed by atoms with Gasteiger partial charge in [0.2, 0.25) is 5.60 Å². The highest BCUT2D eigenvalue weighted by Gasteiger charge is 2.54. The number of hydrogen-bond donors (Lipinski definition) is 2. The highest BCUT2D eigenvalue weighted by atomic mass is 16.6. The SMILES string of the molecule is C[C@@]1(C(=O)N2CCc3c(ncnc3NCC(O)C34CC5CCCC(C3)C(C5)C4)C2)COc2ccccc2O1. The third kappa shape index (κ3) is 4.03. The Kier molecular flexibility index (Phi) is 5.80. The van der Waals surface area contributed by atoms with Crippen molar-refractivity contribution in [2.24, 2.45) is 23.2 Å². The normalized spacial score (nSPS) is 33.8. The minimum absolute atomic E-state index is 0.0676. The molecule has 1 aromatic carbocycles. The first-order valence-corrected chi connectivity index (χ1v) is 14.4. The maximum Gasteiger partial charge on any atom is 0.270 e. The van der Waals surface area contributed by atoms with Crippen molar-refractivity contribution in [1.82, 2.24) is 14.9 Å². The van der Waals surface area contributed by atoms with E-state index in [-0.39, 0.29) is 24.0 Å². The Bertz CT molecular complexity index is 1230.